The van der Waals surface area contributed by atoms with E-state index in [-0.39, 0.29) is 42.8 Å². The Bertz CT molecular complexity index is 843. The number of aryl methyl sites for hydroxylation is 1. The van der Waals surface area contributed by atoms with Gasteiger partial charge in [-0.25, -0.2) is 4.98 Å². The minimum absolute atomic E-state index is 0. The smallest absolute Gasteiger partial charge is 0.356 e. The summed E-state index contributed by atoms with van der Waals surface area (Å²) in [6.45, 7) is 2.31. The van der Waals surface area contributed by atoms with Crippen LogP contribution in [-0.4, -0.2) is 30.4 Å². The zero-order valence-corrected chi connectivity index (χ0v) is 18.3. The predicted molar refractivity (Wildman–Crippen MR) is 117 cm³/mol. The fraction of sp³-hybridized carbons (Fsp3) is 0.316. The fourth-order valence-corrected chi connectivity index (χ4v) is 2.38. The summed E-state index contributed by atoms with van der Waals surface area (Å²) < 4.78 is 38.3. The third-order valence-electron chi connectivity index (χ3n) is 3.74. The Labute approximate surface area is 184 Å². The molecular weight excluding hydrogens is 498 g/mol. The van der Waals surface area contributed by atoms with Gasteiger partial charge in [0.05, 0.1) is 5.56 Å². The number of nitrogens with zero attached hydrogens (tertiary/aromatic N) is 2. The molecule has 1 amide bonds. The Kier molecular flexibility index (Phi) is 9.86. The number of aliphatic imine (C=N–C) groups is 1. The Morgan fingerprint density at radius 3 is 2.52 bits per heavy atom. The first-order chi connectivity index (χ1) is 13.3. The molecule has 29 heavy (non-hydrogen) atoms. The second kappa shape index (κ2) is 11.6. The van der Waals surface area contributed by atoms with Gasteiger partial charge in [-0.2, -0.15) is 13.2 Å². The molecule has 0 bridgehead atoms. The van der Waals surface area contributed by atoms with E-state index in [9.17, 15) is 18.0 Å². The number of hydrogen-bond donors (Lipinski definition) is 3. The summed E-state index contributed by atoms with van der Waals surface area (Å²) in [5.41, 5.74) is 0.576. The number of anilines is 1. The maximum Gasteiger partial charge on any atom is 0.416 e. The van der Waals surface area contributed by atoms with Gasteiger partial charge in [-0.1, -0.05) is 18.2 Å². The lowest BCUT2D eigenvalue weighted by Gasteiger charge is -2.13. The Morgan fingerprint density at radius 2 is 1.86 bits per heavy atom. The van der Waals surface area contributed by atoms with Gasteiger partial charge in [-0.3, -0.25) is 9.79 Å². The van der Waals surface area contributed by atoms with Crippen molar-refractivity contribution in [1.82, 2.24) is 15.6 Å². The van der Waals surface area contributed by atoms with Crippen molar-refractivity contribution in [3.8, 4) is 0 Å². The molecule has 0 aliphatic carbocycles. The SMILES string of the molecule is CN=C(NCCC(=O)Nc1cccc(C)n1)NCc1cccc(C(F)(F)F)c1.I. The first-order valence-corrected chi connectivity index (χ1v) is 8.62. The molecule has 1 aromatic heterocycles. The van der Waals surface area contributed by atoms with Crippen LogP contribution in [0.2, 0.25) is 0 Å². The minimum atomic E-state index is -4.38. The van der Waals surface area contributed by atoms with Crippen molar-refractivity contribution in [3.63, 3.8) is 0 Å². The number of halogens is 4. The molecule has 0 radical (unpaired) electrons. The van der Waals surface area contributed by atoms with Gasteiger partial charge in [0, 0.05) is 32.3 Å². The van der Waals surface area contributed by atoms with E-state index in [4.69, 9.17) is 0 Å². The molecule has 0 saturated carbocycles. The molecule has 3 N–H and O–H groups in total. The van der Waals surface area contributed by atoms with E-state index in [1.807, 2.05) is 13.0 Å². The monoisotopic (exact) mass is 521 g/mol. The minimum Gasteiger partial charge on any atom is -0.356 e. The third-order valence-corrected chi connectivity index (χ3v) is 3.74. The number of guanidine groups is 1. The number of carbonyl (C=O) groups is 1. The van der Waals surface area contributed by atoms with Crippen molar-refractivity contribution in [2.24, 2.45) is 4.99 Å². The number of hydrogen-bond acceptors (Lipinski definition) is 3. The molecular formula is C19H23F3IN5O. The summed E-state index contributed by atoms with van der Waals surface area (Å²) >= 11 is 0. The molecule has 0 unspecified atom stereocenters. The van der Waals surface area contributed by atoms with E-state index in [2.05, 4.69) is 25.9 Å². The van der Waals surface area contributed by atoms with E-state index in [1.54, 1.807) is 18.2 Å². The van der Waals surface area contributed by atoms with Gasteiger partial charge >= 0.3 is 6.18 Å². The van der Waals surface area contributed by atoms with E-state index in [1.165, 1.54) is 13.1 Å². The standard InChI is InChI=1S/C19H22F3N5O.HI/c1-13-5-3-8-16(26-13)27-17(28)9-10-24-18(23-2)25-12-14-6-4-7-15(11-14)19(20,21)22;/h3-8,11H,9-10,12H2,1-2H3,(H2,23,24,25)(H,26,27,28);1H. The van der Waals surface area contributed by atoms with E-state index >= 15 is 0 Å². The van der Waals surface area contributed by atoms with Gasteiger partial charge in [0.2, 0.25) is 5.91 Å². The molecule has 2 aromatic rings. The summed E-state index contributed by atoms with van der Waals surface area (Å²) in [5.74, 6) is 0.662. The van der Waals surface area contributed by atoms with Crippen LogP contribution >= 0.6 is 24.0 Å². The highest BCUT2D eigenvalue weighted by molar-refractivity contribution is 14.0. The van der Waals surface area contributed by atoms with Gasteiger partial charge in [-0.15, -0.1) is 24.0 Å². The van der Waals surface area contributed by atoms with Crippen molar-refractivity contribution < 1.29 is 18.0 Å². The average Bonchev–Trinajstić information content (AvgIpc) is 2.64. The number of carbonyl (C=O) groups excluding carboxylic acids is 1. The molecule has 158 valence electrons. The van der Waals surface area contributed by atoms with Crippen molar-refractivity contribution in [1.29, 1.82) is 0 Å². The molecule has 2 rings (SSSR count). The van der Waals surface area contributed by atoms with Crippen LogP contribution < -0.4 is 16.0 Å². The van der Waals surface area contributed by atoms with Crippen LogP contribution in [-0.2, 0) is 17.5 Å². The zero-order valence-electron chi connectivity index (χ0n) is 16.0. The highest BCUT2D eigenvalue weighted by Gasteiger charge is 2.30. The van der Waals surface area contributed by atoms with Crippen LogP contribution in [0.4, 0.5) is 19.0 Å². The summed E-state index contributed by atoms with van der Waals surface area (Å²) in [7, 11) is 1.54. The number of rotatable bonds is 6. The second-order valence-corrected chi connectivity index (χ2v) is 6.01. The molecule has 10 heteroatoms. The Morgan fingerprint density at radius 1 is 1.14 bits per heavy atom. The van der Waals surface area contributed by atoms with Crippen molar-refractivity contribution in [3.05, 3.63) is 59.3 Å². The van der Waals surface area contributed by atoms with Gasteiger partial charge in [0.25, 0.3) is 0 Å². The summed E-state index contributed by atoms with van der Waals surface area (Å²) in [4.78, 5) is 20.1. The van der Waals surface area contributed by atoms with Gasteiger partial charge in [0.1, 0.15) is 5.82 Å². The number of amides is 1. The second-order valence-electron chi connectivity index (χ2n) is 6.01. The normalized spacial score (nSPS) is 11.4. The molecule has 6 nitrogen and oxygen atoms in total. The number of alkyl halides is 3. The number of nitrogens with one attached hydrogen (secondary N) is 3. The highest BCUT2D eigenvalue weighted by Crippen LogP contribution is 2.29. The quantitative estimate of drug-likeness (QED) is 0.308. The predicted octanol–water partition coefficient (Wildman–Crippen LogP) is 3.72. The van der Waals surface area contributed by atoms with Gasteiger partial charge in [-0.05, 0) is 36.8 Å². The number of pyridine rings is 1. The zero-order chi connectivity index (χ0) is 20.6. The Balaban J connectivity index is 0.00000420. The molecule has 1 heterocycles. The summed E-state index contributed by atoms with van der Waals surface area (Å²) in [6.07, 6.45) is -4.20. The first kappa shape index (κ1) is 24.7. The maximum absolute atomic E-state index is 12.8. The molecule has 0 aliphatic rings. The molecule has 0 aliphatic heterocycles. The average molecular weight is 521 g/mol. The molecule has 0 spiro atoms. The van der Waals surface area contributed by atoms with Crippen LogP contribution in [0.15, 0.2) is 47.5 Å². The third kappa shape index (κ3) is 8.67. The lowest BCUT2D eigenvalue weighted by Crippen LogP contribution is -2.38. The lowest BCUT2D eigenvalue weighted by molar-refractivity contribution is -0.137. The van der Waals surface area contributed by atoms with Crippen LogP contribution in [0.25, 0.3) is 0 Å². The largest absolute Gasteiger partial charge is 0.416 e. The lowest BCUT2D eigenvalue weighted by atomic mass is 10.1. The number of benzene rings is 1. The maximum atomic E-state index is 12.8. The first-order valence-electron chi connectivity index (χ1n) is 8.62. The van der Waals surface area contributed by atoms with Crippen molar-refractivity contribution in [2.75, 3.05) is 18.9 Å². The van der Waals surface area contributed by atoms with Gasteiger partial charge in [0.15, 0.2) is 5.96 Å². The van der Waals surface area contributed by atoms with Crippen LogP contribution in [0.1, 0.15) is 23.2 Å². The number of aromatic nitrogens is 1. The van der Waals surface area contributed by atoms with Crippen molar-refractivity contribution >= 4 is 41.7 Å². The molecule has 0 atom stereocenters. The molecule has 0 fully saturated rings. The van der Waals surface area contributed by atoms with Crippen LogP contribution in [0.3, 0.4) is 0 Å². The fourth-order valence-electron chi connectivity index (χ4n) is 2.38. The van der Waals surface area contributed by atoms with Crippen molar-refractivity contribution in [2.45, 2.75) is 26.1 Å². The van der Waals surface area contributed by atoms with Crippen LogP contribution in [0.5, 0.6) is 0 Å². The summed E-state index contributed by atoms with van der Waals surface area (Å²) in [5, 5.41) is 8.57. The van der Waals surface area contributed by atoms with E-state index in [0.29, 0.717) is 23.9 Å². The summed E-state index contributed by atoms with van der Waals surface area (Å²) in [6, 6.07) is 10.4. The van der Waals surface area contributed by atoms with E-state index in [0.717, 1.165) is 17.8 Å². The highest BCUT2D eigenvalue weighted by atomic mass is 127. The topological polar surface area (TPSA) is 78.4 Å². The molecule has 1 aromatic carbocycles. The van der Waals surface area contributed by atoms with Crippen LogP contribution in [0, 0.1) is 6.92 Å². The Hall–Kier alpha value is -2.37. The van der Waals surface area contributed by atoms with E-state index < -0.39 is 11.7 Å². The van der Waals surface area contributed by atoms with Gasteiger partial charge < -0.3 is 16.0 Å². The molecule has 0 saturated heterocycles.